The molecule has 0 aromatic carbocycles. The lowest BCUT2D eigenvalue weighted by Gasteiger charge is -2.16. The molecule has 0 radical (unpaired) electrons. The van der Waals surface area contributed by atoms with Gasteiger partial charge in [-0.1, -0.05) is 16.3 Å². The Labute approximate surface area is 67.5 Å². The first-order valence-electron chi connectivity index (χ1n) is 3.46. The summed E-state index contributed by atoms with van der Waals surface area (Å²) in [7, 11) is 2.32. The second-order valence-electron chi connectivity index (χ2n) is 2.91. The first kappa shape index (κ1) is 8.91. The number of aliphatic hydroxyl groups is 1. The molecule has 0 aliphatic carbocycles. The molecule has 1 aliphatic rings. The summed E-state index contributed by atoms with van der Waals surface area (Å²) in [6.07, 6.45) is -0.520. The molecule has 11 heavy (non-hydrogen) atoms. The zero-order valence-electron chi connectivity index (χ0n) is 6.27. The predicted octanol–water partition coefficient (Wildman–Crippen LogP) is -0.458. The highest BCUT2D eigenvalue weighted by Gasteiger charge is 2.40. The molecule has 0 aromatic rings. The molecule has 5 heteroatoms. The Morgan fingerprint density at radius 2 is 2.27 bits per heavy atom. The standard InChI is InChI=1S/C6H12NO3P/c1-3-4(8)2-7(11)5(3)6(9)10/h3-5,8H,2,11H2,1H3,(H,9,10)/t3-,4+,5+/m1/s1. The lowest BCUT2D eigenvalue weighted by Crippen LogP contribution is -2.33. The number of rotatable bonds is 1. The molecular formula is C6H12NO3P. The summed E-state index contributed by atoms with van der Waals surface area (Å²) < 4.78 is 1.58. The average molecular weight is 177 g/mol. The van der Waals surface area contributed by atoms with Crippen molar-refractivity contribution in [3.63, 3.8) is 0 Å². The van der Waals surface area contributed by atoms with Crippen LogP contribution in [0.2, 0.25) is 0 Å². The minimum Gasteiger partial charge on any atom is -0.480 e. The smallest absolute Gasteiger partial charge is 0.321 e. The Hall–Kier alpha value is -0.180. The van der Waals surface area contributed by atoms with Gasteiger partial charge < -0.3 is 10.2 Å². The molecule has 64 valence electrons. The molecule has 0 saturated carbocycles. The van der Waals surface area contributed by atoms with E-state index in [1.54, 1.807) is 11.6 Å². The van der Waals surface area contributed by atoms with Crippen LogP contribution in [0.1, 0.15) is 6.92 Å². The molecule has 1 saturated heterocycles. The fourth-order valence-electron chi connectivity index (χ4n) is 1.38. The van der Waals surface area contributed by atoms with E-state index in [0.717, 1.165) is 0 Å². The van der Waals surface area contributed by atoms with Crippen molar-refractivity contribution in [2.75, 3.05) is 6.54 Å². The number of β-amino-alcohol motifs (C(OH)–C–C–N with tert-alkyl or cyclic N) is 1. The summed E-state index contributed by atoms with van der Waals surface area (Å²) in [5.74, 6) is -1.06. The van der Waals surface area contributed by atoms with Crippen molar-refractivity contribution in [1.82, 2.24) is 4.67 Å². The maximum atomic E-state index is 10.6. The van der Waals surface area contributed by atoms with Crippen molar-refractivity contribution in [3.05, 3.63) is 0 Å². The number of carboxylic acid groups (broad SMARTS) is 1. The van der Waals surface area contributed by atoms with Gasteiger partial charge in [0.25, 0.3) is 0 Å². The van der Waals surface area contributed by atoms with E-state index in [0.29, 0.717) is 6.54 Å². The first-order chi connectivity index (χ1) is 5.04. The van der Waals surface area contributed by atoms with E-state index in [-0.39, 0.29) is 5.92 Å². The lowest BCUT2D eigenvalue weighted by atomic mass is 10.0. The molecular weight excluding hydrogens is 165 g/mol. The molecule has 4 atom stereocenters. The van der Waals surface area contributed by atoms with Crippen LogP contribution in [0.15, 0.2) is 0 Å². The van der Waals surface area contributed by atoms with E-state index >= 15 is 0 Å². The molecule has 0 bridgehead atoms. The third-order valence-corrected chi connectivity index (χ3v) is 2.65. The fraction of sp³-hybridized carbons (Fsp3) is 0.833. The average Bonchev–Trinajstić information content (AvgIpc) is 2.07. The molecule has 2 N–H and O–H groups in total. The van der Waals surface area contributed by atoms with E-state index in [1.807, 2.05) is 0 Å². The van der Waals surface area contributed by atoms with Gasteiger partial charge in [-0.3, -0.25) is 9.46 Å². The summed E-state index contributed by atoms with van der Waals surface area (Å²) in [5.41, 5.74) is 0. The van der Waals surface area contributed by atoms with Crippen LogP contribution in [0.25, 0.3) is 0 Å². The highest BCUT2D eigenvalue weighted by molar-refractivity contribution is 7.13. The van der Waals surface area contributed by atoms with Gasteiger partial charge in [-0.2, -0.15) is 0 Å². The summed E-state index contributed by atoms with van der Waals surface area (Å²) in [6.45, 7) is 2.16. The second-order valence-corrected chi connectivity index (χ2v) is 3.57. The number of nitrogens with zero attached hydrogens (tertiary/aromatic N) is 1. The van der Waals surface area contributed by atoms with Gasteiger partial charge in [0.2, 0.25) is 0 Å². The molecule has 1 fully saturated rings. The van der Waals surface area contributed by atoms with Gasteiger partial charge in [-0.25, -0.2) is 0 Å². The quantitative estimate of drug-likeness (QED) is 0.532. The Balaban J connectivity index is 2.71. The third-order valence-electron chi connectivity index (χ3n) is 2.11. The van der Waals surface area contributed by atoms with Gasteiger partial charge in [0.05, 0.1) is 6.10 Å². The molecule has 4 nitrogen and oxygen atoms in total. The number of hydrogen-bond donors (Lipinski definition) is 2. The van der Waals surface area contributed by atoms with Crippen LogP contribution in [0.4, 0.5) is 0 Å². The van der Waals surface area contributed by atoms with E-state index < -0.39 is 18.1 Å². The van der Waals surface area contributed by atoms with Crippen molar-refractivity contribution >= 4 is 15.4 Å². The first-order valence-corrected chi connectivity index (χ1v) is 3.98. The zero-order valence-corrected chi connectivity index (χ0v) is 7.42. The van der Waals surface area contributed by atoms with Crippen molar-refractivity contribution < 1.29 is 15.0 Å². The van der Waals surface area contributed by atoms with Crippen LogP contribution in [-0.2, 0) is 4.79 Å². The normalized spacial score (nSPS) is 39.4. The van der Waals surface area contributed by atoms with Crippen LogP contribution in [0, 0.1) is 5.92 Å². The summed E-state index contributed by atoms with van der Waals surface area (Å²) in [4.78, 5) is 10.6. The van der Waals surface area contributed by atoms with E-state index in [9.17, 15) is 9.90 Å². The maximum Gasteiger partial charge on any atom is 0.321 e. The van der Waals surface area contributed by atoms with Crippen LogP contribution in [0.3, 0.4) is 0 Å². The topological polar surface area (TPSA) is 60.8 Å². The fourth-order valence-corrected chi connectivity index (χ4v) is 1.99. The van der Waals surface area contributed by atoms with Crippen molar-refractivity contribution in [1.29, 1.82) is 0 Å². The van der Waals surface area contributed by atoms with Crippen molar-refractivity contribution in [2.24, 2.45) is 5.92 Å². The van der Waals surface area contributed by atoms with Gasteiger partial charge in [0, 0.05) is 12.5 Å². The second kappa shape index (κ2) is 3.05. The number of hydrogen-bond acceptors (Lipinski definition) is 3. The summed E-state index contributed by atoms with van der Waals surface area (Å²) >= 11 is 0. The highest BCUT2D eigenvalue weighted by Crippen LogP contribution is 2.27. The molecule has 1 unspecified atom stereocenters. The number of aliphatic carboxylic acids is 1. The third kappa shape index (κ3) is 1.53. The molecule has 1 aliphatic heterocycles. The van der Waals surface area contributed by atoms with Crippen molar-refractivity contribution in [2.45, 2.75) is 19.1 Å². The minimum absolute atomic E-state index is 0.190. The SMILES string of the molecule is C[C@H]1[C@@H](C(=O)O)N(P)C[C@@H]1O. The van der Waals surface area contributed by atoms with Gasteiger partial charge in [-0.15, -0.1) is 0 Å². The van der Waals surface area contributed by atoms with Crippen LogP contribution >= 0.6 is 9.39 Å². The summed E-state index contributed by atoms with van der Waals surface area (Å²) in [5, 5.41) is 18.0. The van der Waals surface area contributed by atoms with E-state index in [2.05, 4.69) is 9.39 Å². The molecule has 1 rings (SSSR count). The van der Waals surface area contributed by atoms with Gasteiger partial charge in [-0.05, 0) is 0 Å². The van der Waals surface area contributed by atoms with Gasteiger partial charge in [0.15, 0.2) is 0 Å². The largest absolute Gasteiger partial charge is 0.480 e. The predicted molar refractivity (Wildman–Crippen MR) is 43.0 cm³/mol. The molecule has 0 spiro atoms. The van der Waals surface area contributed by atoms with Crippen LogP contribution in [-0.4, -0.2) is 39.5 Å². The lowest BCUT2D eigenvalue weighted by molar-refractivity contribution is -0.141. The Morgan fingerprint density at radius 3 is 2.45 bits per heavy atom. The summed E-state index contributed by atoms with van der Waals surface area (Å²) in [6, 6.07) is -0.560. The number of aliphatic hydroxyl groups excluding tert-OH is 1. The zero-order chi connectivity index (χ0) is 8.59. The van der Waals surface area contributed by atoms with Crippen LogP contribution < -0.4 is 0 Å². The monoisotopic (exact) mass is 177 g/mol. The van der Waals surface area contributed by atoms with Crippen LogP contribution in [0.5, 0.6) is 0 Å². The molecule has 0 amide bonds. The Morgan fingerprint density at radius 1 is 1.73 bits per heavy atom. The van der Waals surface area contributed by atoms with E-state index in [4.69, 9.17) is 5.11 Å². The number of carbonyl (C=O) groups is 1. The molecule has 1 heterocycles. The van der Waals surface area contributed by atoms with E-state index in [1.165, 1.54) is 0 Å². The Bertz CT molecular complexity index is 175. The Kier molecular flexibility index (Phi) is 2.47. The molecule has 0 aromatic heterocycles. The van der Waals surface area contributed by atoms with Gasteiger partial charge >= 0.3 is 5.97 Å². The number of carboxylic acids is 1. The van der Waals surface area contributed by atoms with Gasteiger partial charge in [0.1, 0.15) is 6.04 Å². The minimum atomic E-state index is -0.871. The van der Waals surface area contributed by atoms with Crippen molar-refractivity contribution in [3.8, 4) is 0 Å². The highest BCUT2D eigenvalue weighted by atomic mass is 31.0. The maximum absolute atomic E-state index is 10.6.